The Morgan fingerprint density at radius 2 is 1.74 bits per heavy atom. The van der Waals surface area contributed by atoms with Crippen LogP contribution >= 0.6 is 11.6 Å². The van der Waals surface area contributed by atoms with Crippen molar-refractivity contribution in [3.63, 3.8) is 0 Å². The number of fused-ring (bicyclic) bond motifs is 1. The molecular weight excluding hydrogens is 262 g/mol. The van der Waals surface area contributed by atoms with Gasteiger partial charge >= 0.3 is 0 Å². The Kier molecular flexibility index (Phi) is 5.80. The van der Waals surface area contributed by atoms with E-state index in [1.54, 1.807) is 0 Å². The monoisotopic (exact) mass is 283 g/mol. The summed E-state index contributed by atoms with van der Waals surface area (Å²) in [6.07, 6.45) is 5.93. The first-order valence-corrected chi connectivity index (χ1v) is 7.41. The molecule has 0 fully saturated rings. The molecule has 19 heavy (non-hydrogen) atoms. The van der Waals surface area contributed by atoms with Crippen LogP contribution in [0.4, 0.5) is 0 Å². The van der Waals surface area contributed by atoms with Gasteiger partial charge in [0.2, 0.25) is 0 Å². The molecule has 0 saturated carbocycles. The summed E-state index contributed by atoms with van der Waals surface area (Å²) in [5.74, 6) is 1.61. The van der Waals surface area contributed by atoms with Crippen molar-refractivity contribution in [1.82, 2.24) is 5.32 Å². The van der Waals surface area contributed by atoms with Crippen LogP contribution in [0.3, 0.4) is 0 Å². The summed E-state index contributed by atoms with van der Waals surface area (Å²) in [5.41, 5.74) is 1.17. The van der Waals surface area contributed by atoms with Crippen LogP contribution in [0.1, 0.15) is 31.2 Å². The van der Waals surface area contributed by atoms with Gasteiger partial charge in [0.1, 0.15) is 13.2 Å². The van der Waals surface area contributed by atoms with E-state index in [0.29, 0.717) is 13.2 Å². The average Bonchev–Trinajstić information content (AvgIpc) is 2.43. The van der Waals surface area contributed by atoms with Gasteiger partial charge < -0.3 is 14.8 Å². The van der Waals surface area contributed by atoms with E-state index in [1.807, 2.05) is 19.2 Å². The van der Waals surface area contributed by atoms with E-state index >= 15 is 0 Å². The molecule has 0 saturated heterocycles. The molecule has 0 aliphatic carbocycles. The zero-order valence-electron chi connectivity index (χ0n) is 11.5. The van der Waals surface area contributed by atoms with Crippen molar-refractivity contribution in [1.29, 1.82) is 0 Å². The number of benzene rings is 1. The van der Waals surface area contributed by atoms with E-state index in [1.165, 1.54) is 31.2 Å². The van der Waals surface area contributed by atoms with Gasteiger partial charge in [0.05, 0.1) is 0 Å². The maximum absolute atomic E-state index is 6.28. The first kappa shape index (κ1) is 14.5. The highest BCUT2D eigenvalue weighted by molar-refractivity contribution is 6.31. The number of hydrogen-bond donors (Lipinski definition) is 1. The minimum Gasteiger partial charge on any atom is -0.486 e. The third kappa shape index (κ3) is 4.29. The van der Waals surface area contributed by atoms with Crippen molar-refractivity contribution >= 4 is 11.6 Å². The Morgan fingerprint density at radius 3 is 2.47 bits per heavy atom. The minimum absolute atomic E-state index is 0.605. The standard InChI is InChI=1S/C15H22ClNO2/c1-17-7-5-3-2-4-6-12-10-14-15(11-13(12)16)19-9-8-18-14/h10-11,17H,2-9H2,1H3. The second-order valence-corrected chi connectivity index (χ2v) is 5.26. The minimum atomic E-state index is 0.605. The van der Waals surface area contributed by atoms with Crippen molar-refractivity contribution in [2.24, 2.45) is 0 Å². The summed E-state index contributed by atoms with van der Waals surface area (Å²) in [6, 6.07) is 3.91. The van der Waals surface area contributed by atoms with E-state index in [-0.39, 0.29) is 0 Å². The van der Waals surface area contributed by atoms with Gasteiger partial charge in [-0.05, 0) is 44.5 Å². The van der Waals surface area contributed by atoms with E-state index < -0.39 is 0 Å². The van der Waals surface area contributed by atoms with Crippen LogP contribution in [0.15, 0.2) is 12.1 Å². The molecular formula is C15H22ClNO2. The lowest BCUT2D eigenvalue weighted by atomic mass is 10.1. The van der Waals surface area contributed by atoms with Gasteiger partial charge in [-0.1, -0.05) is 24.4 Å². The second kappa shape index (κ2) is 7.61. The molecule has 2 rings (SSSR count). The van der Waals surface area contributed by atoms with E-state index in [9.17, 15) is 0 Å². The number of rotatable bonds is 7. The number of ether oxygens (including phenoxy) is 2. The Bertz CT molecular complexity index is 409. The summed E-state index contributed by atoms with van der Waals surface area (Å²) in [6.45, 7) is 2.33. The largest absolute Gasteiger partial charge is 0.486 e. The van der Waals surface area contributed by atoms with Crippen molar-refractivity contribution in [3.8, 4) is 11.5 Å². The van der Waals surface area contributed by atoms with E-state index in [4.69, 9.17) is 21.1 Å². The van der Waals surface area contributed by atoms with Crippen LogP contribution in [0.25, 0.3) is 0 Å². The summed E-state index contributed by atoms with van der Waals surface area (Å²) in [7, 11) is 1.99. The molecule has 106 valence electrons. The van der Waals surface area contributed by atoms with Crippen molar-refractivity contribution in [2.45, 2.75) is 32.1 Å². The number of halogens is 1. The molecule has 0 amide bonds. The number of unbranched alkanes of at least 4 members (excludes halogenated alkanes) is 3. The molecule has 0 bridgehead atoms. The zero-order valence-corrected chi connectivity index (χ0v) is 12.3. The average molecular weight is 284 g/mol. The highest BCUT2D eigenvalue weighted by Gasteiger charge is 2.14. The van der Waals surface area contributed by atoms with Gasteiger partial charge in [-0.2, -0.15) is 0 Å². The van der Waals surface area contributed by atoms with Crippen molar-refractivity contribution < 1.29 is 9.47 Å². The maximum atomic E-state index is 6.28. The van der Waals surface area contributed by atoms with Gasteiger partial charge in [-0.15, -0.1) is 0 Å². The SMILES string of the molecule is CNCCCCCCc1cc2c(cc1Cl)OCCO2. The number of aryl methyl sites for hydroxylation is 1. The summed E-state index contributed by atoms with van der Waals surface area (Å²) >= 11 is 6.28. The fraction of sp³-hybridized carbons (Fsp3) is 0.600. The zero-order chi connectivity index (χ0) is 13.5. The highest BCUT2D eigenvalue weighted by atomic mass is 35.5. The van der Waals surface area contributed by atoms with Crippen LogP contribution in [0.5, 0.6) is 11.5 Å². The third-order valence-electron chi connectivity index (χ3n) is 3.33. The fourth-order valence-electron chi connectivity index (χ4n) is 2.27. The topological polar surface area (TPSA) is 30.5 Å². The predicted octanol–water partition coefficient (Wildman–Crippen LogP) is 3.43. The van der Waals surface area contributed by atoms with E-state index in [0.717, 1.165) is 29.5 Å². The van der Waals surface area contributed by atoms with Crippen LogP contribution in [0.2, 0.25) is 5.02 Å². The third-order valence-corrected chi connectivity index (χ3v) is 3.69. The van der Waals surface area contributed by atoms with Crippen LogP contribution in [-0.2, 0) is 6.42 Å². The first-order valence-electron chi connectivity index (χ1n) is 7.04. The predicted molar refractivity (Wildman–Crippen MR) is 78.5 cm³/mol. The molecule has 4 heteroatoms. The summed E-state index contributed by atoms with van der Waals surface area (Å²) in [5, 5.41) is 3.96. The molecule has 1 aliphatic heterocycles. The first-order chi connectivity index (χ1) is 9.31. The van der Waals surface area contributed by atoms with Crippen LogP contribution in [-0.4, -0.2) is 26.8 Å². The molecule has 0 aromatic heterocycles. The molecule has 0 spiro atoms. The lowest BCUT2D eigenvalue weighted by molar-refractivity contribution is 0.171. The summed E-state index contributed by atoms with van der Waals surface area (Å²) < 4.78 is 11.1. The quantitative estimate of drug-likeness (QED) is 0.778. The lowest BCUT2D eigenvalue weighted by Crippen LogP contribution is -2.15. The number of nitrogens with one attached hydrogen (secondary N) is 1. The van der Waals surface area contributed by atoms with E-state index in [2.05, 4.69) is 5.32 Å². The molecule has 0 atom stereocenters. The molecule has 1 heterocycles. The smallest absolute Gasteiger partial charge is 0.162 e. The van der Waals surface area contributed by atoms with Gasteiger partial charge in [-0.3, -0.25) is 0 Å². The molecule has 3 nitrogen and oxygen atoms in total. The van der Waals surface area contributed by atoms with Crippen LogP contribution in [0, 0.1) is 0 Å². The Labute approximate surface area is 120 Å². The van der Waals surface area contributed by atoms with Gasteiger partial charge in [0.15, 0.2) is 11.5 Å². The Morgan fingerprint density at radius 1 is 1.05 bits per heavy atom. The Balaban J connectivity index is 1.83. The normalized spacial score (nSPS) is 13.6. The molecule has 1 N–H and O–H groups in total. The molecule has 0 unspecified atom stereocenters. The maximum Gasteiger partial charge on any atom is 0.162 e. The van der Waals surface area contributed by atoms with Crippen LogP contribution < -0.4 is 14.8 Å². The summed E-state index contributed by atoms with van der Waals surface area (Å²) in [4.78, 5) is 0. The Hall–Kier alpha value is -0.930. The molecule has 1 aromatic rings. The molecule has 0 radical (unpaired) electrons. The van der Waals surface area contributed by atoms with Gasteiger partial charge in [-0.25, -0.2) is 0 Å². The molecule has 1 aromatic carbocycles. The van der Waals surface area contributed by atoms with Gasteiger partial charge in [0.25, 0.3) is 0 Å². The van der Waals surface area contributed by atoms with Gasteiger partial charge in [0, 0.05) is 11.1 Å². The highest BCUT2D eigenvalue weighted by Crippen LogP contribution is 2.35. The molecule has 1 aliphatic rings. The fourth-order valence-corrected chi connectivity index (χ4v) is 2.52. The lowest BCUT2D eigenvalue weighted by Gasteiger charge is -2.19. The number of hydrogen-bond acceptors (Lipinski definition) is 3. The van der Waals surface area contributed by atoms with Crippen molar-refractivity contribution in [2.75, 3.05) is 26.8 Å². The van der Waals surface area contributed by atoms with Crippen molar-refractivity contribution in [3.05, 3.63) is 22.7 Å². The second-order valence-electron chi connectivity index (χ2n) is 4.86.